The van der Waals surface area contributed by atoms with Crippen LogP contribution in [0.4, 0.5) is 0 Å². The number of rotatable bonds is 5. The van der Waals surface area contributed by atoms with Crippen LogP contribution in [0.5, 0.6) is 0 Å². The third-order valence-corrected chi connectivity index (χ3v) is 6.66. The number of benzene rings is 1. The van der Waals surface area contributed by atoms with Crippen LogP contribution in [0, 0.1) is 17.2 Å². The zero-order chi connectivity index (χ0) is 21.8. The van der Waals surface area contributed by atoms with Gasteiger partial charge in [0.15, 0.2) is 0 Å². The van der Waals surface area contributed by atoms with Crippen LogP contribution in [0.25, 0.3) is 0 Å². The maximum Gasteiger partial charge on any atom is 0.244 e. The summed E-state index contributed by atoms with van der Waals surface area (Å²) in [7, 11) is -3.80. The first kappa shape index (κ1) is 22.8. The molecule has 0 saturated carbocycles. The van der Waals surface area contributed by atoms with Gasteiger partial charge in [0.2, 0.25) is 21.8 Å². The molecule has 1 unspecified atom stereocenters. The van der Waals surface area contributed by atoms with Crippen molar-refractivity contribution >= 4 is 21.8 Å². The number of amides is 2. The minimum absolute atomic E-state index is 0.0159. The number of hydrogen-bond acceptors (Lipinski definition) is 5. The quantitative estimate of drug-likeness (QED) is 0.746. The van der Waals surface area contributed by atoms with E-state index in [9.17, 15) is 23.3 Å². The first-order valence-corrected chi connectivity index (χ1v) is 11.0. The molecule has 0 aliphatic carbocycles. The molecule has 0 radical (unpaired) electrons. The van der Waals surface area contributed by atoms with Gasteiger partial charge in [0, 0.05) is 24.5 Å². The van der Waals surface area contributed by atoms with Crippen molar-refractivity contribution in [3.8, 4) is 6.07 Å². The molecule has 0 bridgehead atoms. The highest BCUT2D eigenvalue weighted by Gasteiger charge is 2.34. The number of nitrogens with one attached hydrogen (secondary N) is 2. The summed E-state index contributed by atoms with van der Waals surface area (Å²) in [5, 5.41) is 14.7. The van der Waals surface area contributed by atoms with E-state index in [1.165, 1.54) is 16.4 Å². The Balaban J connectivity index is 1.97. The summed E-state index contributed by atoms with van der Waals surface area (Å²) in [5.41, 5.74) is -0.291. The molecule has 2 amide bonds. The standard InChI is InChI=1S/C20H28N4O4S/c1-14(18(25)23-20(2,3)4)22-19(26)15-9-11-24(12-10-15)29(27,28)17-8-6-5-7-16(17)13-21/h5-8,14-15H,9-12H2,1-4H3,(H,22,26)(H,23,25). The second-order valence-electron chi connectivity index (χ2n) is 8.26. The lowest BCUT2D eigenvalue weighted by Crippen LogP contribution is -2.52. The van der Waals surface area contributed by atoms with E-state index in [1.807, 2.05) is 26.8 Å². The molecule has 158 valence electrons. The Morgan fingerprint density at radius 2 is 1.79 bits per heavy atom. The Morgan fingerprint density at radius 3 is 2.34 bits per heavy atom. The Kier molecular flexibility index (Phi) is 7.03. The summed E-state index contributed by atoms with van der Waals surface area (Å²) < 4.78 is 27.0. The van der Waals surface area contributed by atoms with Crippen molar-refractivity contribution in [2.75, 3.05) is 13.1 Å². The number of hydrogen-bond donors (Lipinski definition) is 2. The number of carbonyl (C=O) groups excluding carboxylic acids is 2. The van der Waals surface area contributed by atoms with Crippen LogP contribution in [0.2, 0.25) is 0 Å². The minimum atomic E-state index is -3.80. The van der Waals surface area contributed by atoms with Gasteiger partial charge in [-0.3, -0.25) is 9.59 Å². The summed E-state index contributed by atoms with van der Waals surface area (Å²) in [6.45, 7) is 7.57. The Morgan fingerprint density at radius 1 is 1.21 bits per heavy atom. The van der Waals surface area contributed by atoms with Gasteiger partial charge >= 0.3 is 0 Å². The van der Waals surface area contributed by atoms with Crippen molar-refractivity contribution in [2.45, 2.75) is 57.0 Å². The third-order valence-electron chi connectivity index (χ3n) is 4.70. The number of nitriles is 1. The first-order valence-electron chi connectivity index (χ1n) is 9.57. The van der Waals surface area contributed by atoms with Crippen molar-refractivity contribution in [3.05, 3.63) is 29.8 Å². The lowest BCUT2D eigenvalue weighted by Gasteiger charge is -2.31. The zero-order valence-electron chi connectivity index (χ0n) is 17.2. The van der Waals surface area contributed by atoms with Crippen LogP contribution < -0.4 is 10.6 Å². The van der Waals surface area contributed by atoms with E-state index in [0.717, 1.165) is 0 Å². The van der Waals surface area contributed by atoms with Crippen LogP contribution in [0.3, 0.4) is 0 Å². The number of piperidine rings is 1. The van der Waals surface area contributed by atoms with Gasteiger partial charge in [-0.05, 0) is 52.7 Å². The minimum Gasteiger partial charge on any atom is -0.350 e. The topological polar surface area (TPSA) is 119 Å². The number of sulfonamides is 1. The molecule has 2 rings (SSSR count). The molecule has 1 aliphatic rings. The van der Waals surface area contributed by atoms with E-state index in [-0.39, 0.29) is 41.3 Å². The monoisotopic (exact) mass is 420 g/mol. The molecule has 8 nitrogen and oxygen atoms in total. The average molecular weight is 421 g/mol. The fraction of sp³-hybridized carbons (Fsp3) is 0.550. The van der Waals surface area contributed by atoms with Crippen LogP contribution >= 0.6 is 0 Å². The van der Waals surface area contributed by atoms with Crippen molar-refractivity contribution in [3.63, 3.8) is 0 Å². The second kappa shape index (κ2) is 8.93. The van der Waals surface area contributed by atoms with Crippen molar-refractivity contribution < 1.29 is 18.0 Å². The second-order valence-corrected chi connectivity index (χ2v) is 10.2. The summed E-state index contributed by atoms with van der Waals surface area (Å²) in [4.78, 5) is 24.6. The summed E-state index contributed by atoms with van der Waals surface area (Å²) in [5.74, 6) is -0.882. The molecule has 29 heavy (non-hydrogen) atoms. The highest BCUT2D eigenvalue weighted by molar-refractivity contribution is 7.89. The van der Waals surface area contributed by atoms with Crippen molar-refractivity contribution in [2.24, 2.45) is 5.92 Å². The average Bonchev–Trinajstić information content (AvgIpc) is 2.66. The smallest absolute Gasteiger partial charge is 0.244 e. The van der Waals surface area contributed by atoms with Gasteiger partial charge in [0.1, 0.15) is 12.1 Å². The molecular weight excluding hydrogens is 392 g/mol. The van der Waals surface area contributed by atoms with Crippen molar-refractivity contribution in [1.29, 1.82) is 5.26 Å². The van der Waals surface area contributed by atoms with E-state index in [4.69, 9.17) is 0 Å². The zero-order valence-corrected chi connectivity index (χ0v) is 18.0. The molecule has 1 aromatic rings. The summed E-state index contributed by atoms with van der Waals surface area (Å²) in [6, 6.07) is 7.32. The molecule has 1 aliphatic heterocycles. The van der Waals surface area contributed by atoms with E-state index in [0.29, 0.717) is 12.8 Å². The van der Waals surface area contributed by atoms with Gasteiger partial charge < -0.3 is 10.6 Å². The van der Waals surface area contributed by atoms with Crippen LogP contribution in [0.1, 0.15) is 46.1 Å². The molecule has 1 fully saturated rings. The lowest BCUT2D eigenvalue weighted by atomic mass is 9.97. The van der Waals surface area contributed by atoms with Gasteiger partial charge in [-0.15, -0.1) is 0 Å². The molecule has 2 N–H and O–H groups in total. The largest absolute Gasteiger partial charge is 0.350 e. The maximum absolute atomic E-state index is 12.9. The predicted octanol–water partition coefficient (Wildman–Crippen LogP) is 1.38. The maximum atomic E-state index is 12.9. The molecule has 1 saturated heterocycles. The van der Waals surface area contributed by atoms with Crippen molar-refractivity contribution in [1.82, 2.24) is 14.9 Å². The summed E-state index contributed by atoms with van der Waals surface area (Å²) in [6.07, 6.45) is 0.709. The highest BCUT2D eigenvalue weighted by atomic mass is 32.2. The molecule has 0 spiro atoms. The van der Waals surface area contributed by atoms with Gasteiger partial charge in [0.25, 0.3) is 0 Å². The SMILES string of the molecule is CC(NC(=O)C1CCN(S(=O)(=O)c2ccccc2C#N)CC1)C(=O)NC(C)(C)C. The van der Waals surface area contributed by atoms with Crippen LogP contribution in [0.15, 0.2) is 29.2 Å². The lowest BCUT2D eigenvalue weighted by molar-refractivity contribution is -0.132. The van der Waals surface area contributed by atoms with Gasteiger partial charge in [-0.1, -0.05) is 12.1 Å². The van der Waals surface area contributed by atoms with Gasteiger partial charge in [0.05, 0.1) is 10.5 Å². The fourth-order valence-electron chi connectivity index (χ4n) is 3.16. The Hall–Kier alpha value is -2.44. The molecule has 1 heterocycles. The van der Waals surface area contributed by atoms with Crippen LogP contribution in [-0.2, 0) is 19.6 Å². The van der Waals surface area contributed by atoms with E-state index >= 15 is 0 Å². The van der Waals surface area contributed by atoms with Gasteiger partial charge in [-0.25, -0.2) is 8.42 Å². The van der Waals surface area contributed by atoms with E-state index in [1.54, 1.807) is 19.1 Å². The molecule has 1 aromatic carbocycles. The molecule has 1 atom stereocenters. The Labute approximate surface area is 172 Å². The Bertz CT molecular complexity index is 907. The normalized spacial score (nSPS) is 17.2. The summed E-state index contributed by atoms with van der Waals surface area (Å²) >= 11 is 0. The van der Waals surface area contributed by atoms with Crippen LogP contribution in [-0.4, -0.2) is 49.2 Å². The molecular formula is C20H28N4O4S. The highest BCUT2D eigenvalue weighted by Crippen LogP contribution is 2.25. The molecule has 0 aromatic heterocycles. The van der Waals surface area contributed by atoms with Gasteiger partial charge in [-0.2, -0.15) is 9.57 Å². The third kappa shape index (κ3) is 5.78. The predicted molar refractivity (Wildman–Crippen MR) is 108 cm³/mol. The first-order chi connectivity index (χ1) is 13.5. The fourth-order valence-corrected chi connectivity index (χ4v) is 4.77. The van der Waals surface area contributed by atoms with E-state index < -0.39 is 21.6 Å². The molecule has 9 heteroatoms. The number of nitrogens with zero attached hydrogens (tertiary/aromatic N) is 2. The van der Waals surface area contributed by atoms with E-state index in [2.05, 4.69) is 10.6 Å². The number of carbonyl (C=O) groups is 2.